The minimum atomic E-state index is 0.0974. The van der Waals surface area contributed by atoms with E-state index >= 15 is 0 Å². The second kappa shape index (κ2) is 6.69. The van der Waals surface area contributed by atoms with Crippen molar-refractivity contribution in [2.24, 2.45) is 5.92 Å². The van der Waals surface area contributed by atoms with E-state index in [1.165, 1.54) is 18.5 Å². The number of fused-ring (bicyclic) bond motifs is 1. The highest BCUT2D eigenvalue weighted by Crippen LogP contribution is 2.34. The molecule has 1 amide bonds. The number of imidazole rings is 1. The molecule has 0 bridgehead atoms. The van der Waals surface area contributed by atoms with E-state index in [9.17, 15) is 4.79 Å². The molecule has 2 aromatic rings. The number of ether oxygens (including phenoxy) is 1. The number of carbonyl (C=O) groups is 1. The molecule has 0 radical (unpaired) electrons. The van der Waals surface area contributed by atoms with Gasteiger partial charge in [-0.25, -0.2) is 4.98 Å². The summed E-state index contributed by atoms with van der Waals surface area (Å²) in [6, 6.07) is 1.89. The van der Waals surface area contributed by atoms with E-state index < -0.39 is 0 Å². The summed E-state index contributed by atoms with van der Waals surface area (Å²) in [6.45, 7) is 5.72. The molecule has 4 rings (SSSR count). The van der Waals surface area contributed by atoms with Crippen LogP contribution in [0.3, 0.4) is 0 Å². The second-order valence-corrected chi connectivity index (χ2v) is 7.51. The van der Waals surface area contributed by atoms with E-state index in [2.05, 4.69) is 9.55 Å². The van der Waals surface area contributed by atoms with Crippen LogP contribution in [0.15, 0.2) is 23.2 Å². The quantitative estimate of drug-likeness (QED) is 0.808. The fourth-order valence-electron chi connectivity index (χ4n) is 3.46. The summed E-state index contributed by atoms with van der Waals surface area (Å²) in [5.41, 5.74) is 3.09. The molecule has 1 aliphatic carbocycles. The van der Waals surface area contributed by atoms with Crippen molar-refractivity contribution in [1.82, 2.24) is 14.5 Å². The Hall–Kier alpha value is -1.66. The molecule has 1 aliphatic heterocycles. The lowest BCUT2D eigenvalue weighted by Gasteiger charge is -2.33. The Morgan fingerprint density at radius 3 is 3.04 bits per heavy atom. The van der Waals surface area contributed by atoms with Gasteiger partial charge < -0.3 is 14.2 Å². The third kappa shape index (κ3) is 3.13. The Balaban J connectivity index is 1.59. The van der Waals surface area contributed by atoms with Crippen LogP contribution in [0.4, 0.5) is 0 Å². The minimum Gasteiger partial charge on any atom is -0.381 e. The Labute approximate surface area is 146 Å². The van der Waals surface area contributed by atoms with Crippen LogP contribution in [0.1, 0.15) is 47.4 Å². The molecule has 1 saturated carbocycles. The second-order valence-electron chi connectivity index (χ2n) is 6.73. The van der Waals surface area contributed by atoms with Gasteiger partial charge in [0.25, 0.3) is 5.91 Å². The van der Waals surface area contributed by atoms with Crippen LogP contribution in [0.5, 0.6) is 0 Å². The zero-order chi connectivity index (χ0) is 16.5. The van der Waals surface area contributed by atoms with Crippen LogP contribution < -0.4 is 0 Å². The number of carbonyl (C=O) groups excluding carboxylic acids is 1. The fraction of sp³-hybridized carbons (Fsp3) is 0.556. The molecule has 0 spiro atoms. The summed E-state index contributed by atoms with van der Waals surface area (Å²) in [4.78, 5) is 19.3. The van der Waals surface area contributed by atoms with Crippen molar-refractivity contribution in [3.05, 3.63) is 40.1 Å². The zero-order valence-electron chi connectivity index (χ0n) is 14.0. The van der Waals surface area contributed by atoms with E-state index in [1.807, 2.05) is 35.0 Å². The Morgan fingerprint density at radius 2 is 2.33 bits per heavy atom. The smallest absolute Gasteiger partial charge is 0.255 e. The summed E-state index contributed by atoms with van der Waals surface area (Å²) in [5.74, 6) is 1.11. The number of hydrogen-bond donors (Lipinski definition) is 0. The molecular formula is C18H23N3O2S. The lowest BCUT2D eigenvalue weighted by atomic mass is 9.98. The average Bonchev–Trinajstić information content (AvgIpc) is 3.09. The van der Waals surface area contributed by atoms with E-state index in [4.69, 9.17) is 4.74 Å². The maximum Gasteiger partial charge on any atom is 0.255 e. The Kier molecular flexibility index (Phi) is 4.41. The molecule has 1 atom stereocenters. The summed E-state index contributed by atoms with van der Waals surface area (Å²) >= 11 is 1.56. The molecule has 5 nitrogen and oxygen atoms in total. The Bertz CT molecular complexity index is 706. The largest absolute Gasteiger partial charge is 0.381 e. The minimum absolute atomic E-state index is 0.0974. The van der Waals surface area contributed by atoms with E-state index in [0.717, 1.165) is 23.7 Å². The van der Waals surface area contributed by atoms with Crippen LogP contribution in [-0.4, -0.2) is 40.1 Å². The molecule has 24 heavy (non-hydrogen) atoms. The molecule has 3 heterocycles. The van der Waals surface area contributed by atoms with Crippen molar-refractivity contribution in [2.75, 3.05) is 19.8 Å². The van der Waals surface area contributed by atoms with Crippen molar-refractivity contribution in [3.8, 4) is 0 Å². The monoisotopic (exact) mass is 345 g/mol. The molecule has 128 valence electrons. The molecular weight excluding hydrogens is 322 g/mol. The van der Waals surface area contributed by atoms with Gasteiger partial charge in [-0.15, -0.1) is 0 Å². The number of thiophene rings is 1. The van der Waals surface area contributed by atoms with Gasteiger partial charge in [0, 0.05) is 36.7 Å². The van der Waals surface area contributed by atoms with Gasteiger partial charge in [-0.2, -0.15) is 11.3 Å². The molecule has 2 aromatic heterocycles. The predicted octanol–water partition coefficient (Wildman–Crippen LogP) is 3.13. The predicted molar refractivity (Wildman–Crippen MR) is 93.2 cm³/mol. The van der Waals surface area contributed by atoms with Crippen molar-refractivity contribution >= 4 is 17.2 Å². The van der Waals surface area contributed by atoms with Crippen molar-refractivity contribution in [3.63, 3.8) is 0 Å². The van der Waals surface area contributed by atoms with Crippen LogP contribution in [0, 0.1) is 5.92 Å². The highest BCUT2D eigenvalue weighted by molar-refractivity contribution is 7.08. The molecule has 0 N–H and O–H groups in total. The summed E-state index contributed by atoms with van der Waals surface area (Å²) in [5, 5.41) is 3.87. The number of hydrogen-bond acceptors (Lipinski definition) is 4. The first-order valence-corrected chi connectivity index (χ1v) is 9.63. The molecule has 2 aliphatic rings. The summed E-state index contributed by atoms with van der Waals surface area (Å²) < 4.78 is 8.03. The lowest BCUT2D eigenvalue weighted by Crippen LogP contribution is -2.40. The first kappa shape index (κ1) is 15.8. The number of amides is 1. The third-order valence-corrected chi connectivity index (χ3v) is 5.54. The van der Waals surface area contributed by atoms with Gasteiger partial charge in [0.1, 0.15) is 0 Å². The van der Waals surface area contributed by atoms with Crippen LogP contribution in [0.25, 0.3) is 0 Å². The molecule has 6 heteroatoms. The molecule has 0 saturated heterocycles. The van der Waals surface area contributed by atoms with Crippen molar-refractivity contribution in [1.29, 1.82) is 0 Å². The van der Waals surface area contributed by atoms with Gasteiger partial charge in [-0.05, 0) is 37.1 Å². The van der Waals surface area contributed by atoms with Gasteiger partial charge in [0.15, 0.2) is 0 Å². The zero-order valence-corrected chi connectivity index (χ0v) is 14.8. The van der Waals surface area contributed by atoms with Crippen LogP contribution in [0.2, 0.25) is 0 Å². The van der Waals surface area contributed by atoms with E-state index in [0.29, 0.717) is 26.3 Å². The first-order valence-electron chi connectivity index (χ1n) is 8.69. The van der Waals surface area contributed by atoms with Gasteiger partial charge in [-0.1, -0.05) is 0 Å². The summed E-state index contributed by atoms with van der Waals surface area (Å²) in [6.07, 6.45) is 4.61. The van der Waals surface area contributed by atoms with Gasteiger partial charge >= 0.3 is 0 Å². The lowest BCUT2D eigenvalue weighted by molar-refractivity contribution is 0.0644. The maximum absolute atomic E-state index is 12.7. The van der Waals surface area contributed by atoms with E-state index in [-0.39, 0.29) is 11.8 Å². The van der Waals surface area contributed by atoms with Crippen molar-refractivity contribution < 1.29 is 9.53 Å². The molecule has 1 fully saturated rings. The standard InChI is InChI=1S/C18H23N3O2S/c1-2-23-10-15-8-20(18(22)14-5-6-24-11-14)9-16-17(15)21(12-19-16)7-13-3-4-13/h5-6,11-13,15H,2-4,7-10H2,1H3. The highest BCUT2D eigenvalue weighted by atomic mass is 32.1. The van der Waals surface area contributed by atoms with Gasteiger partial charge in [0.2, 0.25) is 0 Å². The third-order valence-electron chi connectivity index (χ3n) is 4.86. The number of aromatic nitrogens is 2. The topological polar surface area (TPSA) is 47.4 Å². The molecule has 1 unspecified atom stereocenters. The Morgan fingerprint density at radius 1 is 1.46 bits per heavy atom. The van der Waals surface area contributed by atoms with E-state index in [1.54, 1.807) is 11.3 Å². The van der Waals surface area contributed by atoms with Crippen LogP contribution in [-0.2, 0) is 17.8 Å². The number of rotatable bonds is 6. The van der Waals surface area contributed by atoms with Crippen LogP contribution >= 0.6 is 11.3 Å². The SMILES string of the molecule is CCOCC1CN(C(=O)c2ccsc2)Cc2ncn(CC3CC3)c21. The fourth-order valence-corrected chi connectivity index (χ4v) is 4.09. The van der Waals surface area contributed by atoms with Gasteiger partial charge in [-0.3, -0.25) is 4.79 Å². The highest BCUT2D eigenvalue weighted by Gasteiger charge is 2.34. The average molecular weight is 345 g/mol. The summed E-state index contributed by atoms with van der Waals surface area (Å²) in [7, 11) is 0. The normalized spacial score (nSPS) is 20.2. The van der Waals surface area contributed by atoms with Crippen molar-refractivity contribution in [2.45, 2.75) is 38.8 Å². The molecule has 0 aromatic carbocycles. The van der Waals surface area contributed by atoms with Gasteiger partial charge in [0.05, 0.1) is 30.7 Å². The first-order chi connectivity index (χ1) is 11.8. The maximum atomic E-state index is 12.7. The number of nitrogens with zero attached hydrogens (tertiary/aromatic N) is 3.